The molecular formula is C27H31ClN4O3. The lowest BCUT2D eigenvalue weighted by Crippen LogP contribution is -2.39. The van der Waals surface area contributed by atoms with Gasteiger partial charge in [-0.3, -0.25) is 4.79 Å². The van der Waals surface area contributed by atoms with Gasteiger partial charge in [-0.2, -0.15) is 0 Å². The summed E-state index contributed by atoms with van der Waals surface area (Å²) < 4.78 is 10.7. The molecule has 1 atom stereocenters. The topological polar surface area (TPSA) is 67.8 Å². The van der Waals surface area contributed by atoms with Crippen molar-refractivity contribution in [3.63, 3.8) is 0 Å². The largest absolute Gasteiger partial charge is 0.491 e. The molecule has 0 aliphatic carbocycles. The molecule has 7 nitrogen and oxygen atoms in total. The molecule has 1 unspecified atom stereocenters. The first-order chi connectivity index (χ1) is 17.0. The van der Waals surface area contributed by atoms with Crippen LogP contribution < -0.4 is 9.64 Å². The van der Waals surface area contributed by atoms with Crippen molar-refractivity contribution in [1.82, 2.24) is 14.9 Å². The average Bonchev–Trinajstić information content (AvgIpc) is 2.88. The van der Waals surface area contributed by atoms with E-state index in [1.54, 1.807) is 7.11 Å². The van der Waals surface area contributed by atoms with Crippen LogP contribution in [0.5, 0.6) is 5.75 Å². The predicted octanol–water partition coefficient (Wildman–Crippen LogP) is 5.26. The van der Waals surface area contributed by atoms with Gasteiger partial charge in [0.25, 0.3) is 5.91 Å². The molecule has 0 saturated carbocycles. The van der Waals surface area contributed by atoms with E-state index < -0.39 is 0 Å². The van der Waals surface area contributed by atoms with Gasteiger partial charge in [0.05, 0.1) is 18.3 Å². The third-order valence-corrected chi connectivity index (χ3v) is 6.31. The molecule has 0 bridgehead atoms. The fraction of sp³-hybridized carbons (Fsp3) is 0.370. The van der Waals surface area contributed by atoms with Gasteiger partial charge in [-0.1, -0.05) is 23.7 Å². The number of methoxy groups -OCH3 is 1. The van der Waals surface area contributed by atoms with Gasteiger partial charge in [0.15, 0.2) is 0 Å². The van der Waals surface area contributed by atoms with Crippen LogP contribution in [0, 0.1) is 0 Å². The van der Waals surface area contributed by atoms with Crippen LogP contribution in [0.25, 0.3) is 11.1 Å². The van der Waals surface area contributed by atoms with Gasteiger partial charge in [-0.15, -0.1) is 0 Å². The molecule has 8 heteroatoms. The third kappa shape index (κ3) is 5.92. The van der Waals surface area contributed by atoms with Crippen LogP contribution in [0.3, 0.4) is 0 Å². The highest BCUT2D eigenvalue weighted by molar-refractivity contribution is 6.30. The molecule has 2 heterocycles. The lowest BCUT2D eigenvalue weighted by molar-refractivity contribution is 0.0606. The summed E-state index contributed by atoms with van der Waals surface area (Å²) in [5.74, 6) is 1.31. The number of rotatable bonds is 8. The van der Waals surface area contributed by atoms with Gasteiger partial charge < -0.3 is 19.3 Å². The van der Waals surface area contributed by atoms with Crippen molar-refractivity contribution in [2.45, 2.75) is 25.3 Å². The fourth-order valence-corrected chi connectivity index (χ4v) is 4.48. The molecule has 1 aliphatic rings. The van der Waals surface area contributed by atoms with Crippen LogP contribution in [0.2, 0.25) is 5.02 Å². The van der Waals surface area contributed by atoms with Crippen molar-refractivity contribution in [1.29, 1.82) is 0 Å². The Kier molecular flexibility index (Phi) is 8.21. The van der Waals surface area contributed by atoms with E-state index in [0.717, 1.165) is 36.1 Å². The van der Waals surface area contributed by atoms with Crippen molar-refractivity contribution in [3.8, 4) is 16.9 Å². The second-order valence-electron chi connectivity index (χ2n) is 8.75. The first-order valence-corrected chi connectivity index (χ1v) is 12.2. The van der Waals surface area contributed by atoms with Crippen molar-refractivity contribution >= 4 is 23.5 Å². The van der Waals surface area contributed by atoms with E-state index in [4.69, 9.17) is 26.1 Å². The zero-order valence-electron chi connectivity index (χ0n) is 20.4. The summed E-state index contributed by atoms with van der Waals surface area (Å²) in [6, 6.07) is 14.8. The number of piperidine rings is 1. The molecule has 1 aliphatic heterocycles. The molecule has 35 heavy (non-hydrogen) atoms. The fourth-order valence-electron chi connectivity index (χ4n) is 4.29. The van der Waals surface area contributed by atoms with Crippen molar-refractivity contribution in [2.75, 3.05) is 45.9 Å². The molecule has 0 spiro atoms. The normalized spacial score (nSPS) is 15.7. The monoisotopic (exact) mass is 494 g/mol. The summed E-state index contributed by atoms with van der Waals surface area (Å²) in [5, 5.41) is 0.648. The maximum atomic E-state index is 13.7. The van der Waals surface area contributed by atoms with Gasteiger partial charge in [0, 0.05) is 50.1 Å². The second kappa shape index (κ2) is 11.5. The molecule has 1 amide bonds. The number of hydrogen-bond donors (Lipinski definition) is 0. The Morgan fingerprint density at radius 1 is 1.14 bits per heavy atom. The molecule has 4 rings (SSSR count). The Labute approximate surface area is 211 Å². The first kappa shape index (κ1) is 24.9. The number of carbonyl (C=O) groups is 1. The molecule has 1 aromatic heterocycles. The van der Waals surface area contributed by atoms with E-state index in [-0.39, 0.29) is 11.9 Å². The number of nitrogens with zero attached hydrogens (tertiary/aromatic N) is 4. The minimum absolute atomic E-state index is 0.0137. The van der Waals surface area contributed by atoms with Gasteiger partial charge in [0.2, 0.25) is 5.95 Å². The van der Waals surface area contributed by atoms with E-state index in [9.17, 15) is 4.79 Å². The Morgan fingerprint density at radius 3 is 2.66 bits per heavy atom. The number of benzene rings is 2. The Morgan fingerprint density at radius 2 is 1.94 bits per heavy atom. The minimum atomic E-state index is -0.162. The van der Waals surface area contributed by atoms with Gasteiger partial charge in [-0.05, 0) is 61.2 Å². The third-order valence-electron chi connectivity index (χ3n) is 6.08. The quantitative estimate of drug-likeness (QED) is 0.398. The van der Waals surface area contributed by atoms with Crippen LogP contribution in [0.15, 0.2) is 54.7 Å². The van der Waals surface area contributed by atoms with Gasteiger partial charge >= 0.3 is 0 Å². The molecule has 1 saturated heterocycles. The van der Waals surface area contributed by atoms with Crippen molar-refractivity contribution < 1.29 is 14.3 Å². The van der Waals surface area contributed by atoms with Crippen LogP contribution in [-0.2, 0) is 4.74 Å². The number of carbonyl (C=O) groups excluding carboxylic acids is 1. The zero-order valence-corrected chi connectivity index (χ0v) is 21.2. The first-order valence-electron chi connectivity index (χ1n) is 11.8. The summed E-state index contributed by atoms with van der Waals surface area (Å²) >= 11 is 6.30. The number of halogens is 1. The van der Waals surface area contributed by atoms with Crippen molar-refractivity contribution in [3.05, 3.63) is 71.0 Å². The standard InChI is InChI=1S/C27H31ClN4O3/c1-31(2)27-29-18-23(20-7-6-8-21(28)17-20)25(30-27)24-9-4-5-14-32(24)26(33)19-10-12-22(13-11-19)35-16-15-34-3/h6-8,10-13,17-18,24H,4-5,9,14-16H2,1-3H3. The number of anilines is 1. The molecule has 3 aromatic rings. The van der Waals surface area contributed by atoms with E-state index >= 15 is 0 Å². The lowest BCUT2D eigenvalue weighted by atomic mass is 9.93. The van der Waals surface area contributed by atoms with E-state index in [1.807, 2.05) is 78.6 Å². The SMILES string of the molecule is COCCOc1ccc(C(=O)N2CCCCC2c2nc(N(C)C)ncc2-c2cccc(Cl)c2)cc1. The Hall–Kier alpha value is -3.16. The molecule has 184 valence electrons. The summed E-state index contributed by atoms with van der Waals surface area (Å²) in [4.78, 5) is 27.0. The summed E-state index contributed by atoms with van der Waals surface area (Å²) in [6.07, 6.45) is 4.66. The zero-order chi connectivity index (χ0) is 24.8. The lowest BCUT2D eigenvalue weighted by Gasteiger charge is -2.36. The van der Waals surface area contributed by atoms with Crippen LogP contribution in [0.4, 0.5) is 5.95 Å². The highest BCUT2D eigenvalue weighted by Gasteiger charge is 2.32. The van der Waals surface area contributed by atoms with Crippen LogP contribution in [-0.4, -0.2) is 61.7 Å². The number of hydrogen-bond acceptors (Lipinski definition) is 6. The number of ether oxygens (including phenoxy) is 2. The molecule has 0 N–H and O–H groups in total. The average molecular weight is 495 g/mol. The Balaban J connectivity index is 1.67. The smallest absolute Gasteiger partial charge is 0.254 e. The van der Waals surface area contributed by atoms with E-state index in [2.05, 4.69) is 4.98 Å². The second-order valence-corrected chi connectivity index (χ2v) is 9.19. The molecular weight excluding hydrogens is 464 g/mol. The number of likely N-dealkylation sites (tertiary alicyclic amines) is 1. The Bertz CT molecular complexity index is 1150. The van der Waals surface area contributed by atoms with E-state index in [1.165, 1.54) is 0 Å². The molecule has 0 radical (unpaired) electrons. The highest BCUT2D eigenvalue weighted by Crippen LogP contribution is 2.37. The van der Waals surface area contributed by atoms with Gasteiger partial charge in [-0.25, -0.2) is 9.97 Å². The molecule has 1 fully saturated rings. The predicted molar refractivity (Wildman–Crippen MR) is 138 cm³/mol. The summed E-state index contributed by atoms with van der Waals surface area (Å²) in [5.41, 5.74) is 3.30. The highest BCUT2D eigenvalue weighted by atomic mass is 35.5. The van der Waals surface area contributed by atoms with Crippen LogP contribution in [0.1, 0.15) is 41.4 Å². The maximum absolute atomic E-state index is 13.7. The summed E-state index contributed by atoms with van der Waals surface area (Å²) in [7, 11) is 5.47. The summed E-state index contributed by atoms with van der Waals surface area (Å²) in [6.45, 7) is 1.65. The minimum Gasteiger partial charge on any atom is -0.491 e. The number of amides is 1. The van der Waals surface area contributed by atoms with Crippen molar-refractivity contribution in [2.24, 2.45) is 0 Å². The maximum Gasteiger partial charge on any atom is 0.254 e. The van der Waals surface area contributed by atoms with E-state index in [0.29, 0.717) is 42.0 Å². The van der Waals surface area contributed by atoms with Crippen LogP contribution >= 0.6 is 11.6 Å². The molecule has 2 aromatic carbocycles. The number of aromatic nitrogens is 2. The van der Waals surface area contributed by atoms with Gasteiger partial charge in [0.1, 0.15) is 12.4 Å².